The molecule has 0 amide bonds. The van der Waals surface area contributed by atoms with Crippen LogP contribution >= 0.6 is 0 Å². The maximum atomic E-state index is 3.72. The number of rotatable bonds is 0. The Morgan fingerprint density at radius 1 is 0.296 bits per heavy atom. The van der Waals surface area contributed by atoms with Gasteiger partial charge in [-0.1, -0.05) is 36.4 Å². The quantitative estimate of drug-likeness (QED) is 0.106. The minimum Gasteiger partial charge on any atom is -0.273 e. The van der Waals surface area contributed by atoms with Crippen LogP contribution in [0.3, 0.4) is 0 Å². The van der Waals surface area contributed by atoms with Gasteiger partial charge in [-0.25, -0.2) is 24.3 Å². The van der Waals surface area contributed by atoms with Crippen molar-refractivity contribution in [2.45, 2.75) is 12.8 Å². The van der Waals surface area contributed by atoms with E-state index in [1.54, 1.807) is 0 Å². The van der Waals surface area contributed by atoms with Crippen LogP contribution in [0.25, 0.3) is 0 Å². The molecule has 0 heterocycles. The Hall–Kier alpha value is -4.90. The van der Waals surface area contributed by atoms with Gasteiger partial charge in [-0.15, -0.1) is 85.6 Å². The molecule has 2 aliphatic rings. The molecule has 2 heteroatoms. The molecule has 0 saturated carbocycles. The first-order valence-electron chi connectivity index (χ1n) is 17.0. The molecule has 0 saturated heterocycles. The average Bonchev–Trinajstić information content (AvgIpc) is 3.96. The minimum atomic E-state index is 0. The summed E-state index contributed by atoms with van der Waals surface area (Å²) in [5, 5.41) is 0. The molecule has 0 radical (unpaired) electrons. The van der Waals surface area contributed by atoms with Crippen molar-refractivity contribution >= 4 is 0 Å². The van der Waals surface area contributed by atoms with E-state index < -0.39 is 0 Å². The third-order valence-electron chi connectivity index (χ3n) is 6.23. The molecular formula is C52H52TiZr. The van der Waals surface area contributed by atoms with Crippen LogP contribution in [0.4, 0.5) is 0 Å². The van der Waals surface area contributed by atoms with Crippen LogP contribution in [0.2, 0.25) is 0 Å². The third kappa shape index (κ3) is 35.5. The van der Waals surface area contributed by atoms with Crippen LogP contribution in [0.15, 0.2) is 218 Å². The fraction of sp³-hybridized carbons (Fsp3) is 0.0385. The van der Waals surface area contributed by atoms with Crippen LogP contribution < -0.4 is 0 Å². The van der Waals surface area contributed by atoms with Crippen LogP contribution in [-0.4, -0.2) is 0 Å². The molecule has 0 atom stereocenters. The van der Waals surface area contributed by atoms with Crippen molar-refractivity contribution in [3.05, 3.63) is 306 Å². The predicted octanol–water partition coefficient (Wildman–Crippen LogP) is 13.8. The molecule has 0 aromatic heterocycles. The molecule has 268 valence electrons. The maximum absolute atomic E-state index is 3.72. The van der Waals surface area contributed by atoms with E-state index in [-0.39, 0.29) is 47.9 Å². The van der Waals surface area contributed by atoms with Crippen molar-refractivity contribution in [3.8, 4) is 0 Å². The van der Waals surface area contributed by atoms with Gasteiger partial charge in [0.15, 0.2) is 0 Å². The summed E-state index contributed by atoms with van der Waals surface area (Å²) in [7, 11) is 0. The first kappa shape index (κ1) is 51.2. The van der Waals surface area contributed by atoms with Crippen molar-refractivity contribution in [1.29, 1.82) is 0 Å². The van der Waals surface area contributed by atoms with Gasteiger partial charge in [-0.3, -0.25) is 12.2 Å². The number of hydrogen-bond acceptors (Lipinski definition) is 0. The standard InChI is InChI=1S/6C7H7.2C5H5.Ti.Zr/c6*1-7-5-3-2-4-6-7;2*1-2-4-5-3-1;;/h6*2-6H,1H2;2*1-3H,4H2;;/q8*-1;2*+4. The van der Waals surface area contributed by atoms with E-state index in [1.165, 1.54) is 0 Å². The Morgan fingerprint density at radius 3 is 0.519 bits per heavy atom. The Kier molecular flexibility index (Phi) is 35.9. The van der Waals surface area contributed by atoms with E-state index in [0.717, 1.165) is 46.2 Å². The van der Waals surface area contributed by atoms with Crippen LogP contribution in [0, 0.1) is 53.7 Å². The van der Waals surface area contributed by atoms with Crippen LogP contribution in [0.5, 0.6) is 0 Å². The summed E-state index contributed by atoms with van der Waals surface area (Å²) in [5.41, 5.74) is 6.43. The third-order valence-corrected chi connectivity index (χ3v) is 6.23. The van der Waals surface area contributed by atoms with Gasteiger partial charge in [0.05, 0.1) is 0 Å². The molecule has 2 aliphatic carbocycles. The van der Waals surface area contributed by atoms with E-state index in [0.29, 0.717) is 0 Å². The molecular weight excluding hydrogens is 764 g/mol. The number of allylic oxidation sites excluding steroid dienone is 8. The van der Waals surface area contributed by atoms with E-state index in [4.69, 9.17) is 0 Å². The summed E-state index contributed by atoms with van der Waals surface area (Å²) in [6.45, 7) is 22.3. The van der Waals surface area contributed by atoms with Crippen molar-refractivity contribution in [3.63, 3.8) is 0 Å². The molecule has 6 aromatic rings. The zero-order chi connectivity index (χ0) is 37.7. The molecule has 6 aromatic carbocycles. The maximum Gasteiger partial charge on any atom is 4.00 e. The summed E-state index contributed by atoms with van der Waals surface area (Å²) in [6, 6.07) is 59.2. The Bertz CT molecular complexity index is 1400. The molecule has 0 aliphatic heterocycles. The molecule has 54 heavy (non-hydrogen) atoms. The topological polar surface area (TPSA) is 0 Å². The normalized spacial score (nSPS) is 9.93. The van der Waals surface area contributed by atoms with E-state index in [1.807, 2.05) is 206 Å². The van der Waals surface area contributed by atoms with Gasteiger partial charge in [0, 0.05) is 0 Å². The monoisotopic (exact) mass is 814 g/mol. The Labute approximate surface area is 363 Å². The second-order valence-electron chi connectivity index (χ2n) is 10.9. The molecule has 0 nitrogen and oxygen atoms in total. The molecule has 0 unspecified atom stereocenters. The number of hydrogen-bond donors (Lipinski definition) is 0. The number of benzene rings is 6. The summed E-state index contributed by atoms with van der Waals surface area (Å²) >= 11 is 0. The fourth-order valence-corrected chi connectivity index (χ4v) is 3.55. The summed E-state index contributed by atoms with van der Waals surface area (Å²) < 4.78 is 0. The largest absolute Gasteiger partial charge is 4.00 e. The van der Waals surface area contributed by atoms with Crippen molar-refractivity contribution in [1.82, 2.24) is 0 Å². The van der Waals surface area contributed by atoms with Gasteiger partial charge in [0.2, 0.25) is 0 Å². The fourth-order valence-electron chi connectivity index (χ4n) is 3.55. The Balaban J connectivity index is 0. The van der Waals surface area contributed by atoms with Crippen LogP contribution in [0.1, 0.15) is 46.2 Å². The van der Waals surface area contributed by atoms with Gasteiger partial charge < -0.3 is 0 Å². The second-order valence-corrected chi connectivity index (χ2v) is 10.9. The van der Waals surface area contributed by atoms with Gasteiger partial charge >= 0.3 is 47.9 Å². The van der Waals surface area contributed by atoms with E-state index in [2.05, 4.69) is 65.8 Å². The molecule has 0 N–H and O–H groups in total. The summed E-state index contributed by atoms with van der Waals surface area (Å²) in [4.78, 5) is 0. The van der Waals surface area contributed by atoms with Gasteiger partial charge in [0.25, 0.3) is 0 Å². The van der Waals surface area contributed by atoms with E-state index in [9.17, 15) is 0 Å². The molecule has 0 spiro atoms. The SMILES string of the molecule is [C-]1=CC=CC1.[C-]1=CC=CC1.[CH2-]c1ccccc1.[CH2-]c1ccccc1.[CH2-]c1ccccc1.[CH2-]c1ccccc1.[CH2-]c1ccccc1.[CH2-]c1ccccc1.[Ti+4].[Zr+4]. The average molecular weight is 816 g/mol. The van der Waals surface area contributed by atoms with Crippen molar-refractivity contribution in [2.24, 2.45) is 0 Å². The second kappa shape index (κ2) is 37.8. The minimum absolute atomic E-state index is 0. The summed E-state index contributed by atoms with van der Waals surface area (Å²) in [5.74, 6) is 0. The first-order chi connectivity index (χ1) is 25.4. The predicted molar refractivity (Wildman–Crippen MR) is 229 cm³/mol. The molecule has 8 rings (SSSR count). The smallest absolute Gasteiger partial charge is 0.273 e. The van der Waals surface area contributed by atoms with Gasteiger partial charge in [-0.05, 0) is 0 Å². The zero-order valence-electron chi connectivity index (χ0n) is 31.4. The first-order valence-corrected chi connectivity index (χ1v) is 17.0. The summed E-state index contributed by atoms with van der Waals surface area (Å²) in [6.07, 6.45) is 20.0. The molecule has 0 bridgehead atoms. The van der Waals surface area contributed by atoms with Gasteiger partial charge in [-0.2, -0.15) is 160 Å². The van der Waals surface area contributed by atoms with Gasteiger partial charge in [0.1, 0.15) is 0 Å². The van der Waals surface area contributed by atoms with Crippen molar-refractivity contribution in [2.75, 3.05) is 0 Å². The Morgan fingerprint density at radius 2 is 0.463 bits per heavy atom. The van der Waals surface area contributed by atoms with Crippen LogP contribution in [-0.2, 0) is 47.9 Å². The van der Waals surface area contributed by atoms with E-state index >= 15 is 0 Å². The zero-order valence-corrected chi connectivity index (χ0v) is 35.5. The molecule has 0 fully saturated rings. The van der Waals surface area contributed by atoms with Crippen molar-refractivity contribution < 1.29 is 47.9 Å².